The molecule has 0 bridgehead atoms. The van der Waals surface area contributed by atoms with Crippen molar-refractivity contribution in [2.45, 2.75) is 31.5 Å². The number of unbranched alkanes of at least 4 members (excludes halogenated alkanes) is 1. The maximum Gasteiger partial charge on any atom is 0.316 e. The summed E-state index contributed by atoms with van der Waals surface area (Å²) in [7, 11) is 1.62. The number of hydrogen-bond acceptors (Lipinski definition) is 10. The van der Waals surface area contributed by atoms with Crippen LogP contribution in [0.2, 0.25) is 0 Å². The second-order valence-corrected chi connectivity index (χ2v) is 8.28. The van der Waals surface area contributed by atoms with Gasteiger partial charge >= 0.3 is 6.01 Å². The van der Waals surface area contributed by atoms with Crippen molar-refractivity contribution < 1.29 is 27.9 Å². The molecule has 3 aromatic heterocycles. The van der Waals surface area contributed by atoms with E-state index in [9.17, 15) is 14.0 Å². The van der Waals surface area contributed by atoms with E-state index in [0.717, 1.165) is 12.8 Å². The molecule has 0 saturated carbocycles. The minimum absolute atomic E-state index is 0.01000. The van der Waals surface area contributed by atoms with Crippen LogP contribution < -0.4 is 20.3 Å². The lowest BCUT2D eigenvalue weighted by Gasteiger charge is -2.33. The van der Waals surface area contributed by atoms with Crippen molar-refractivity contribution in [2.24, 2.45) is 0 Å². The number of hydrogen-bond donors (Lipinski definition) is 2. The fourth-order valence-electron chi connectivity index (χ4n) is 3.72. The number of aromatic nitrogens is 4. The molecule has 1 aliphatic rings. The number of nitrogens with one attached hydrogen (secondary N) is 2. The number of ether oxygens (including phenoxy) is 2. The van der Waals surface area contributed by atoms with E-state index in [4.69, 9.17) is 13.9 Å². The molecule has 1 fully saturated rings. The first-order chi connectivity index (χ1) is 18.0. The minimum atomic E-state index is -1.34. The molecule has 2 amide bonds. The van der Waals surface area contributed by atoms with Gasteiger partial charge in [-0.2, -0.15) is 4.98 Å². The van der Waals surface area contributed by atoms with E-state index in [1.165, 1.54) is 37.1 Å². The Balaban J connectivity index is 1.33. The van der Waals surface area contributed by atoms with Gasteiger partial charge in [-0.25, -0.2) is 14.4 Å². The van der Waals surface area contributed by atoms with E-state index in [1.807, 2.05) is 0 Å². The normalized spacial score (nSPS) is 17.3. The smallest absolute Gasteiger partial charge is 0.316 e. The summed E-state index contributed by atoms with van der Waals surface area (Å²) in [4.78, 5) is 43.1. The fourth-order valence-corrected chi connectivity index (χ4v) is 3.72. The molecule has 1 saturated heterocycles. The van der Waals surface area contributed by atoms with Gasteiger partial charge in [0.2, 0.25) is 0 Å². The van der Waals surface area contributed by atoms with E-state index in [-0.39, 0.29) is 41.4 Å². The third-order valence-electron chi connectivity index (χ3n) is 5.65. The highest BCUT2D eigenvalue weighted by Crippen LogP contribution is 2.24. The van der Waals surface area contributed by atoms with Gasteiger partial charge in [0.25, 0.3) is 17.8 Å². The quantitative estimate of drug-likeness (QED) is 0.366. The van der Waals surface area contributed by atoms with Gasteiger partial charge in [-0.1, -0.05) is 0 Å². The third kappa shape index (κ3) is 6.97. The number of methoxy groups -OCH3 is 1. The number of nitrogens with zero attached hydrogens (tertiary/aromatic N) is 5. The van der Waals surface area contributed by atoms with Crippen LogP contribution in [0, 0.1) is 0 Å². The maximum atomic E-state index is 14.8. The minimum Gasteiger partial charge on any atom is -0.457 e. The van der Waals surface area contributed by atoms with Crippen LogP contribution in [0.4, 0.5) is 16.1 Å². The Morgan fingerprint density at radius 2 is 2.05 bits per heavy atom. The highest BCUT2D eigenvalue weighted by Gasteiger charge is 2.33. The Labute approximate surface area is 212 Å². The SMILES string of the molecule is COCCCCNC(=O)c1cnccc1NC(=O)c1coc(N2CC[C@@H](Oc3ncccn3)[C@@H](F)C2)n1. The molecule has 37 heavy (non-hydrogen) atoms. The number of amides is 2. The Hall–Kier alpha value is -4.13. The largest absolute Gasteiger partial charge is 0.457 e. The van der Waals surface area contributed by atoms with E-state index < -0.39 is 18.2 Å². The van der Waals surface area contributed by atoms with E-state index in [2.05, 4.69) is 30.6 Å². The summed E-state index contributed by atoms with van der Waals surface area (Å²) in [5.41, 5.74) is 0.490. The molecule has 4 rings (SSSR count). The number of carbonyl (C=O) groups is 2. The molecule has 13 heteroatoms. The van der Waals surface area contributed by atoms with Crippen LogP contribution in [0.5, 0.6) is 6.01 Å². The summed E-state index contributed by atoms with van der Waals surface area (Å²) in [5.74, 6) is -0.937. The lowest BCUT2D eigenvalue weighted by Crippen LogP contribution is -2.47. The molecule has 0 aromatic carbocycles. The molecule has 2 atom stereocenters. The summed E-state index contributed by atoms with van der Waals surface area (Å²) in [6, 6.07) is 3.41. The second-order valence-electron chi connectivity index (χ2n) is 8.28. The van der Waals surface area contributed by atoms with E-state index >= 15 is 0 Å². The zero-order valence-electron chi connectivity index (χ0n) is 20.3. The Kier molecular flexibility index (Phi) is 8.92. The first kappa shape index (κ1) is 25.9. The molecule has 0 spiro atoms. The van der Waals surface area contributed by atoms with Gasteiger partial charge in [-0.05, 0) is 25.0 Å². The third-order valence-corrected chi connectivity index (χ3v) is 5.65. The van der Waals surface area contributed by atoms with Crippen molar-refractivity contribution >= 4 is 23.5 Å². The maximum absolute atomic E-state index is 14.8. The number of pyridine rings is 1. The van der Waals surface area contributed by atoms with Crippen molar-refractivity contribution in [3.05, 3.63) is 54.4 Å². The van der Waals surface area contributed by atoms with E-state index in [0.29, 0.717) is 26.1 Å². The van der Waals surface area contributed by atoms with Crippen molar-refractivity contribution in [3.8, 4) is 6.01 Å². The highest BCUT2D eigenvalue weighted by atomic mass is 19.1. The van der Waals surface area contributed by atoms with Gasteiger partial charge in [0, 0.05) is 58.0 Å². The lowest BCUT2D eigenvalue weighted by atomic mass is 10.1. The summed E-state index contributed by atoms with van der Waals surface area (Å²) in [5, 5.41) is 5.47. The summed E-state index contributed by atoms with van der Waals surface area (Å²) in [6.45, 7) is 1.45. The Morgan fingerprint density at radius 3 is 2.84 bits per heavy atom. The second kappa shape index (κ2) is 12.7. The molecule has 196 valence electrons. The average Bonchev–Trinajstić information content (AvgIpc) is 3.41. The number of halogens is 1. The van der Waals surface area contributed by atoms with E-state index in [1.54, 1.807) is 18.1 Å². The van der Waals surface area contributed by atoms with Crippen LogP contribution in [0.25, 0.3) is 0 Å². The van der Waals surface area contributed by atoms with Gasteiger partial charge in [0.15, 0.2) is 11.9 Å². The molecule has 4 heterocycles. The first-order valence-corrected chi connectivity index (χ1v) is 11.9. The van der Waals surface area contributed by atoms with Gasteiger partial charge in [-0.15, -0.1) is 0 Å². The highest BCUT2D eigenvalue weighted by molar-refractivity contribution is 6.08. The molecular formula is C24H28FN7O5. The van der Waals surface area contributed by atoms with Crippen LogP contribution in [0.1, 0.15) is 40.1 Å². The topological polar surface area (TPSA) is 145 Å². The molecular weight excluding hydrogens is 485 g/mol. The van der Waals surface area contributed by atoms with Crippen molar-refractivity contribution in [2.75, 3.05) is 43.6 Å². The van der Waals surface area contributed by atoms with Crippen molar-refractivity contribution in [1.29, 1.82) is 0 Å². The number of anilines is 2. The number of rotatable bonds is 11. The number of carbonyl (C=O) groups excluding carboxylic acids is 2. The molecule has 1 aliphatic heterocycles. The summed E-state index contributed by atoms with van der Waals surface area (Å²) in [6.07, 6.45) is 6.96. The van der Waals surface area contributed by atoms with Crippen molar-refractivity contribution in [3.63, 3.8) is 0 Å². The van der Waals surface area contributed by atoms with Crippen LogP contribution in [-0.4, -0.2) is 77.4 Å². The summed E-state index contributed by atoms with van der Waals surface area (Å²) < 4.78 is 30.8. The van der Waals surface area contributed by atoms with Crippen LogP contribution >= 0.6 is 0 Å². The standard InChI is InChI=1S/C24H28FN7O5/c1-35-12-3-2-7-27-21(33)16-13-26-10-5-18(16)30-22(34)19-15-36-24(31-19)32-11-6-20(17(25)14-32)37-23-28-8-4-9-29-23/h4-5,8-10,13,15,17,20H,2-3,6-7,11-12,14H2,1H3,(H,27,33)(H,26,30,34)/t17-,20+/m0/s1. The Bertz CT molecular complexity index is 1180. The van der Waals surface area contributed by atoms with Crippen LogP contribution in [0.15, 0.2) is 47.6 Å². The monoisotopic (exact) mass is 513 g/mol. The van der Waals surface area contributed by atoms with Gasteiger partial charge < -0.3 is 29.4 Å². The number of piperidine rings is 1. The molecule has 3 aromatic rings. The van der Waals surface area contributed by atoms with Gasteiger partial charge in [0.05, 0.1) is 17.8 Å². The van der Waals surface area contributed by atoms with Crippen molar-refractivity contribution in [1.82, 2.24) is 25.3 Å². The fraction of sp³-hybridized carbons (Fsp3) is 0.417. The molecule has 0 unspecified atom stereocenters. The van der Waals surface area contributed by atoms with Gasteiger partial charge in [0.1, 0.15) is 12.4 Å². The predicted molar refractivity (Wildman–Crippen MR) is 130 cm³/mol. The summed E-state index contributed by atoms with van der Waals surface area (Å²) >= 11 is 0. The zero-order chi connectivity index (χ0) is 26.0. The first-order valence-electron chi connectivity index (χ1n) is 11.9. The zero-order valence-corrected chi connectivity index (χ0v) is 20.3. The number of alkyl halides is 1. The molecule has 0 aliphatic carbocycles. The molecule has 2 N–H and O–H groups in total. The lowest BCUT2D eigenvalue weighted by molar-refractivity contribution is 0.0723. The van der Waals surface area contributed by atoms with Gasteiger partial charge in [-0.3, -0.25) is 14.6 Å². The van der Waals surface area contributed by atoms with Crippen LogP contribution in [0.3, 0.4) is 0 Å². The Morgan fingerprint density at radius 1 is 1.22 bits per heavy atom. The van der Waals surface area contributed by atoms with Crippen LogP contribution in [-0.2, 0) is 4.74 Å². The number of oxazole rings is 1. The average molecular weight is 514 g/mol. The molecule has 0 radical (unpaired) electrons. The molecule has 12 nitrogen and oxygen atoms in total. The predicted octanol–water partition coefficient (Wildman–Crippen LogP) is 2.26.